The van der Waals surface area contributed by atoms with E-state index in [1.165, 1.54) is 0 Å². The van der Waals surface area contributed by atoms with Gasteiger partial charge in [-0.15, -0.1) is 0 Å². The third-order valence-corrected chi connectivity index (χ3v) is 2.38. The van der Waals surface area contributed by atoms with Gasteiger partial charge >= 0.3 is 0 Å². The molecule has 0 radical (unpaired) electrons. The van der Waals surface area contributed by atoms with Crippen LogP contribution in [0.2, 0.25) is 0 Å². The van der Waals surface area contributed by atoms with Crippen LogP contribution in [0.25, 0.3) is 0 Å². The molecule has 0 bridgehead atoms. The Morgan fingerprint density at radius 1 is 1.27 bits per heavy atom. The minimum atomic E-state index is -0.0307. The van der Waals surface area contributed by atoms with E-state index in [9.17, 15) is 4.79 Å². The minimum Gasteiger partial charge on any atom is -0.335 e. The van der Waals surface area contributed by atoms with Crippen molar-refractivity contribution in [1.82, 2.24) is 16.0 Å². The van der Waals surface area contributed by atoms with Crippen LogP contribution in [0.15, 0.2) is 30.3 Å². The molecule has 1 aliphatic heterocycles. The molecule has 15 heavy (non-hydrogen) atoms. The third kappa shape index (κ3) is 2.78. The zero-order valence-electron chi connectivity index (χ0n) is 8.49. The van der Waals surface area contributed by atoms with Crippen LogP contribution in [0.1, 0.15) is 10.4 Å². The summed E-state index contributed by atoms with van der Waals surface area (Å²) in [5, 5.41) is 9.36. The van der Waals surface area contributed by atoms with Gasteiger partial charge in [0.2, 0.25) is 0 Å². The molecular weight excluding hydrogens is 190 g/mol. The number of hydrogen-bond donors (Lipinski definition) is 3. The van der Waals surface area contributed by atoms with Crippen LogP contribution in [-0.2, 0) is 0 Å². The molecule has 1 aromatic rings. The average Bonchev–Trinajstić information content (AvgIpc) is 2.31. The topological polar surface area (TPSA) is 53.2 Å². The summed E-state index contributed by atoms with van der Waals surface area (Å²) in [5.41, 5.74) is 0.699. The smallest absolute Gasteiger partial charge is 0.252 e. The molecule has 1 aromatic carbocycles. The number of benzene rings is 1. The molecule has 1 fully saturated rings. The van der Waals surface area contributed by atoms with Crippen molar-refractivity contribution < 1.29 is 4.79 Å². The van der Waals surface area contributed by atoms with Crippen LogP contribution in [0.4, 0.5) is 0 Å². The van der Waals surface area contributed by atoms with E-state index in [1.807, 2.05) is 30.3 Å². The van der Waals surface area contributed by atoms with E-state index >= 15 is 0 Å². The molecular formula is C11H15N3O. The molecule has 2 rings (SSSR count). The quantitative estimate of drug-likeness (QED) is 0.634. The van der Waals surface area contributed by atoms with Gasteiger partial charge in [-0.05, 0) is 12.1 Å². The second kappa shape index (κ2) is 4.91. The Morgan fingerprint density at radius 3 is 2.73 bits per heavy atom. The van der Waals surface area contributed by atoms with Crippen molar-refractivity contribution >= 4 is 5.91 Å². The first-order valence-electron chi connectivity index (χ1n) is 5.16. The van der Waals surface area contributed by atoms with Crippen LogP contribution in [0.3, 0.4) is 0 Å². The van der Waals surface area contributed by atoms with Gasteiger partial charge < -0.3 is 10.6 Å². The van der Waals surface area contributed by atoms with Crippen molar-refractivity contribution in [2.75, 3.05) is 19.6 Å². The van der Waals surface area contributed by atoms with E-state index < -0.39 is 0 Å². The molecule has 0 aromatic heterocycles. The van der Waals surface area contributed by atoms with Crippen LogP contribution in [0.5, 0.6) is 0 Å². The van der Waals surface area contributed by atoms with Gasteiger partial charge in [-0.1, -0.05) is 18.2 Å². The second-order valence-corrected chi connectivity index (χ2v) is 3.55. The molecule has 4 nitrogen and oxygen atoms in total. The zero-order chi connectivity index (χ0) is 10.5. The van der Waals surface area contributed by atoms with Gasteiger partial charge in [-0.25, -0.2) is 0 Å². The van der Waals surface area contributed by atoms with Crippen molar-refractivity contribution in [3.8, 4) is 0 Å². The van der Waals surface area contributed by atoms with Crippen molar-refractivity contribution in [3.63, 3.8) is 0 Å². The molecule has 1 amide bonds. The lowest BCUT2D eigenvalue weighted by atomic mass is 10.2. The van der Waals surface area contributed by atoms with E-state index in [2.05, 4.69) is 16.0 Å². The molecule has 1 unspecified atom stereocenters. The molecule has 4 heteroatoms. The summed E-state index contributed by atoms with van der Waals surface area (Å²) in [4.78, 5) is 11.7. The van der Waals surface area contributed by atoms with Gasteiger partial charge in [0.15, 0.2) is 0 Å². The third-order valence-electron chi connectivity index (χ3n) is 2.38. The number of rotatable bonds is 2. The lowest BCUT2D eigenvalue weighted by Crippen LogP contribution is -2.56. The van der Waals surface area contributed by atoms with E-state index in [1.54, 1.807) is 0 Å². The van der Waals surface area contributed by atoms with Crippen molar-refractivity contribution in [3.05, 3.63) is 35.9 Å². The molecule has 0 saturated carbocycles. The zero-order valence-corrected chi connectivity index (χ0v) is 8.49. The SMILES string of the molecule is O=C(NC1CNCCN1)c1ccccc1. The average molecular weight is 205 g/mol. The van der Waals surface area contributed by atoms with Crippen LogP contribution < -0.4 is 16.0 Å². The van der Waals surface area contributed by atoms with Gasteiger partial charge in [0.1, 0.15) is 0 Å². The van der Waals surface area contributed by atoms with Crippen molar-refractivity contribution in [2.45, 2.75) is 6.17 Å². The highest BCUT2D eigenvalue weighted by molar-refractivity contribution is 5.94. The first-order valence-corrected chi connectivity index (χ1v) is 5.16. The van der Waals surface area contributed by atoms with Gasteiger partial charge in [0, 0.05) is 25.2 Å². The fourth-order valence-electron chi connectivity index (χ4n) is 1.59. The molecule has 3 N–H and O–H groups in total. The summed E-state index contributed by atoms with van der Waals surface area (Å²) >= 11 is 0. The maximum absolute atomic E-state index is 11.7. The lowest BCUT2D eigenvalue weighted by Gasteiger charge is -2.25. The summed E-state index contributed by atoms with van der Waals surface area (Å²) in [6.07, 6.45) is 0.0338. The predicted octanol–water partition coefficient (Wildman–Crippen LogP) is -0.0647. The fraction of sp³-hybridized carbons (Fsp3) is 0.364. The summed E-state index contributed by atoms with van der Waals surface area (Å²) in [6.45, 7) is 2.62. The van der Waals surface area contributed by atoms with Crippen LogP contribution in [-0.4, -0.2) is 31.7 Å². The lowest BCUT2D eigenvalue weighted by molar-refractivity contribution is 0.0925. The second-order valence-electron chi connectivity index (χ2n) is 3.55. The van der Waals surface area contributed by atoms with Crippen molar-refractivity contribution in [1.29, 1.82) is 0 Å². The summed E-state index contributed by atoms with van der Waals surface area (Å²) in [6, 6.07) is 9.25. The Hall–Kier alpha value is -1.39. The summed E-state index contributed by atoms with van der Waals surface area (Å²) in [5.74, 6) is -0.0307. The number of piperazine rings is 1. The monoisotopic (exact) mass is 205 g/mol. The number of hydrogen-bond acceptors (Lipinski definition) is 3. The standard InChI is InChI=1S/C11H15N3O/c15-11(9-4-2-1-3-5-9)14-10-8-12-6-7-13-10/h1-5,10,12-13H,6-8H2,(H,14,15). The Balaban J connectivity index is 1.91. The van der Waals surface area contributed by atoms with Crippen molar-refractivity contribution in [2.24, 2.45) is 0 Å². The predicted molar refractivity (Wildman–Crippen MR) is 58.6 cm³/mol. The van der Waals surface area contributed by atoms with Gasteiger partial charge in [-0.3, -0.25) is 10.1 Å². The number of amides is 1. The normalized spacial score (nSPS) is 20.9. The Morgan fingerprint density at radius 2 is 2.07 bits per heavy atom. The van der Waals surface area contributed by atoms with E-state index in [-0.39, 0.29) is 12.1 Å². The summed E-state index contributed by atoms with van der Waals surface area (Å²) in [7, 11) is 0. The maximum Gasteiger partial charge on any atom is 0.252 e. The van der Waals surface area contributed by atoms with E-state index in [0.717, 1.165) is 19.6 Å². The van der Waals surface area contributed by atoms with E-state index in [4.69, 9.17) is 0 Å². The van der Waals surface area contributed by atoms with E-state index in [0.29, 0.717) is 5.56 Å². The highest BCUT2D eigenvalue weighted by Crippen LogP contribution is 1.98. The highest BCUT2D eigenvalue weighted by Gasteiger charge is 2.14. The molecule has 1 heterocycles. The first-order chi connectivity index (χ1) is 7.36. The maximum atomic E-state index is 11.7. The molecule has 0 spiro atoms. The molecule has 0 aliphatic carbocycles. The summed E-state index contributed by atoms with van der Waals surface area (Å²) < 4.78 is 0. The van der Waals surface area contributed by atoms with Crippen LogP contribution >= 0.6 is 0 Å². The number of carbonyl (C=O) groups is 1. The Labute approximate surface area is 89.1 Å². The highest BCUT2D eigenvalue weighted by atomic mass is 16.1. The molecule has 1 saturated heterocycles. The molecule has 80 valence electrons. The first kappa shape index (κ1) is 10.1. The van der Waals surface area contributed by atoms with Gasteiger partial charge in [-0.2, -0.15) is 0 Å². The van der Waals surface area contributed by atoms with Gasteiger partial charge in [0.05, 0.1) is 6.17 Å². The number of carbonyl (C=O) groups excluding carboxylic acids is 1. The number of nitrogens with one attached hydrogen (secondary N) is 3. The Bertz CT molecular complexity index is 320. The molecule has 1 atom stereocenters. The Kier molecular flexibility index (Phi) is 3.32. The van der Waals surface area contributed by atoms with Crippen LogP contribution in [0, 0.1) is 0 Å². The van der Waals surface area contributed by atoms with Gasteiger partial charge in [0.25, 0.3) is 5.91 Å². The fourth-order valence-corrected chi connectivity index (χ4v) is 1.59. The largest absolute Gasteiger partial charge is 0.335 e. The molecule has 1 aliphatic rings. The minimum absolute atomic E-state index is 0.0307.